The summed E-state index contributed by atoms with van der Waals surface area (Å²) in [6.45, 7) is 2.06. The molecular weight excluding hydrogens is 188 g/mol. The quantitative estimate of drug-likeness (QED) is 0.598. The van der Waals surface area contributed by atoms with Crippen LogP contribution >= 0.6 is 23.5 Å². The first-order chi connectivity index (χ1) is 5.81. The minimum atomic E-state index is 0.465. The molecule has 4 heteroatoms. The highest BCUT2D eigenvalue weighted by molar-refractivity contribution is 8.14. The first-order valence-electron chi connectivity index (χ1n) is 3.85. The lowest BCUT2D eigenvalue weighted by Crippen LogP contribution is -2.26. The number of fused-ring (bicyclic) bond motifs is 1. The van der Waals surface area contributed by atoms with Gasteiger partial charge in [0.05, 0.1) is 12.0 Å². The molecule has 0 saturated heterocycles. The van der Waals surface area contributed by atoms with Gasteiger partial charge in [-0.05, 0) is 23.0 Å². The third kappa shape index (κ3) is 1.33. The fourth-order valence-corrected chi connectivity index (χ4v) is 3.05. The van der Waals surface area contributed by atoms with E-state index in [-0.39, 0.29) is 0 Å². The topological polar surface area (TPSA) is 15.4 Å². The van der Waals surface area contributed by atoms with E-state index in [1.165, 1.54) is 0 Å². The Hall–Kier alpha value is -0.220. The molecule has 0 amide bonds. The second kappa shape index (κ2) is 3.26. The SMILES string of the molecule is CSC1C=C(C)N=C2SCC=[N+]21. The third-order valence-corrected chi connectivity index (χ3v) is 3.60. The van der Waals surface area contributed by atoms with Crippen LogP contribution in [0.1, 0.15) is 6.92 Å². The van der Waals surface area contributed by atoms with Gasteiger partial charge in [0.1, 0.15) is 0 Å². The average molecular weight is 199 g/mol. The van der Waals surface area contributed by atoms with Crippen LogP contribution in [0.3, 0.4) is 0 Å². The summed E-state index contributed by atoms with van der Waals surface area (Å²) < 4.78 is 2.25. The van der Waals surface area contributed by atoms with Crippen molar-refractivity contribution in [2.75, 3.05) is 12.0 Å². The molecule has 12 heavy (non-hydrogen) atoms. The summed E-state index contributed by atoms with van der Waals surface area (Å²) in [6.07, 6.45) is 6.55. The summed E-state index contributed by atoms with van der Waals surface area (Å²) >= 11 is 3.67. The molecular formula is C8H11N2S2+. The summed E-state index contributed by atoms with van der Waals surface area (Å²) in [7, 11) is 0. The maximum absolute atomic E-state index is 4.46. The van der Waals surface area contributed by atoms with Crippen molar-refractivity contribution in [3.05, 3.63) is 11.8 Å². The van der Waals surface area contributed by atoms with E-state index in [1.807, 2.05) is 23.5 Å². The fraction of sp³-hybridized carbons (Fsp3) is 0.500. The van der Waals surface area contributed by atoms with Gasteiger partial charge in [-0.3, -0.25) is 0 Å². The predicted molar refractivity (Wildman–Crippen MR) is 57.3 cm³/mol. The molecule has 1 atom stereocenters. The van der Waals surface area contributed by atoms with E-state index in [4.69, 9.17) is 0 Å². The van der Waals surface area contributed by atoms with Gasteiger partial charge in [-0.25, -0.2) is 4.58 Å². The van der Waals surface area contributed by atoms with Crippen molar-refractivity contribution in [3.8, 4) is 0 Å². The van der Waals surface area contributed by atoms with Crippen LogP contribution in [-0.2, 0) is 0 Å². The lowest BCUT2D eigenvalue weighted by atomic mass is 10.4. The Morgan fingerprint density at radius 1 is 1.75 bits per heavy atom. The van der Waals surface area contributed by atoms with E-state index >= 15 is 0 Å². The molecule has 0 aliphatic carbocycles. The minimum Gasteiger partial charge on any atom is -0.212 e. The van der Waals surface area contributed by atoms with Crippen LogP contribution in [0.2, 0.25) is 0 Å². The molecule has 2 heterocycles. The van der Waals surface area contributed by atoms with Gasteiger partial charge in [0.2, 0.25) is 0 Å². The lowest BCUT2D eigenvalue weighted by Gasteiger charge is -2.12. The zero-order valence-electron chi connectivity index (χ0n) is 7.15. The van der Waals surface area contributed by atoms with Crippen LogP contribution in [0, 0.1) is 0 Å². The molecule has 0 spiro atoms. The third-order valence-electron chi connectivity index (χ3n) is 1.88. The van der Waals surface area contributed by atoms with Gasteiger partial charge in [-0.2, -0.15) is 0 Å². The van der Waals surface area contributed by atoms with Crippen molar-refractivity contribution in [2.45, 2.75) is 12.3 Å². The monoisotopic (exact) mass is 199 g/mol. The zero-order chi connectivity index (χ0) is 8.55. The van der Waals surface area contributed by atoms with Crippen molar-refractivity contribution in [1.29, 1.82) is 0 Å². The van der Waals surface area contributed by atoms with E-state index in [9.17, 15) is 0 Å². The molecule has 0 aromatic carbocycles. The summed E-state index contributed by atoms with van der Waals surface area (Å²) in [5.74, 6) is 1.07. The Morgan fingerprint density at radius 3 is 3.33 bits per heavy atom. The number of hydrogen-bond acceptors (Lipinski definition) is 3. The Labute approximate surface area is 80.8 Å². The van der Waals surface area contributed by atoms with E-state index < -0.39 is 0 Å². The average Bonchev–Trinajstić information content (AvgIpc) is 2.50. The van der Waals surface area contributed by atoms with Crippen LogP contribution in [0.4, 0.5) is 0 Å². The van der Waals surface area contributed by atoms with Gasteiger partial charge in [0.15, 0.2) is 11.1 Å². The normalized spacial score (nSPS) is 27.5. The van der Waals surface area contributed by atoms with Crippen LogP contribution < -0.4 is 0 Å². The van der Waals surface area contributed by atoms with Crippen molar-refractivity contribution in [1.82, 2.24) is 0 Å². The molecule has 2 aliphatic rings. The molecule has 1 unspecified atom stereocenters. The molecule has 64 valence electrons. The first kappa shape index (κ1) is 8.38. The van der Waals surface area contributed by atoms with Gasteiger partial charge in [0, 0.05) is 13.0 Å². The Balaban J connectivity index is 2.35. The maximum Gasteiger partial charge on any atom is 0.360 e. The zero-order valence-corrected chi connectivity index (χ0v) is 8.78. The maximum atomic E-state index is 4.46. The van der Waals surface area contributed by atoms with Gasteiger partial charge >= 0.3 is 5.17 Å². The number of rotatable bonds is 1. The molecule has 0 aromatic heterocycles. The summed E-state index contributed by atoms with van der Waals surface area (Å²) in [4.78, 5) is 4.46. The van der Waals surface area contributed by atoms with Gasteiger partial charge in [-0.15, -0.1) is 11.8 Å². The molecule has 2 rings (SSSR count). The summed E-state index contributed by atoms with van der Waals surface area (Å²) in [5, 5.41) is 1.63. The standard InChI is InChI=1S/C8H11N2S2/c1-6-5-7(11-2)10-3-4-12-8(10)9-6/h3,5,7H,4H2,1-2H3/q+1. The first-order valence-corrected chi connectivity index (χ1v) is 6.13. The Morgan fingerprint density at radius 2 is 2.58 bits per heavy atom. The molecule has 0 saturated carbocycles. The molecule has 0 N–H and O–H groups in total. The Kier molecular flexibility index (Phi) is 2.28. The van der Waals surface area contributed by atoms with Crippen LogP contribution in [0.5, 0.6) is 0 Å². The number of amidine groups is 1. The number of aliphatic imine (C=N–C) groups is 1. The van der Waals surface area contributed by atoms with Gasteiger partial charge in [-0.1, -0.05) is 0 Å². The molecule has 0 radical (unpaired) electrons. The van der Waals surface area contributed by atoms with Gasteiger partial charge < -0.3 is 0 Å². The minimum absolute atomic E-state index is 0.465. The predicted octanol–water partition coefficient (Wildman–Crippen LogP) is 1.78. The van der Waals surface area contributed by atoms with E-state index in [0.29, 0.717) is 5.37 Å². The lowest BCUT2D eigenvalue weighted by molar-refractivity contribution is -0.400. The van der Waals surface area contributed by atoms with Crippen LogP contribution in [0.15, 0.2) is 16.8 Å². The van der Waals surface area contributed by atoms with E-state index in [0.717, 1.165) is 16.6 Å². The van der Waals surface area contributed by atoms with Crippen molar-refractivity contribution in [3.63, 3.8) is 0 Å². The highest BCUT2D eigenvalue weighted by Gasteiger charge is 2.31. The smallest absolute Gasteiger partial charge is 0.212 e. The van der Waals surface area contributed by atoms with E-state index in [1.54, 1.807) is 0 Å². The second-order valence-corrected chi connectivity index (χ2v) is 4.67. The van der Waals surface area contributed by atoms with Gasteiger partial charge in [0.25, 0.3) is 0 Å². The molecule has 2 aliphatic heterocycles. The fourth-order valence-electron chi connectivity index (χ4n) is 1.30. The van der Waals surface area contributed by atoms with Crippen molar-refractivity contribution < 1.29 is 4.58 Å². The van der Waals surface area contributed by atoms with Crippen LogP contribution in [0.25, 0.3) is 0 Å². The Bertz CT molecular complexity index is 291. The molecule has 0 bridgehead atoms. The molecule has 2 nitrogen and oxygen atoms in total. The molecule has 0 fully saturated rings. The highest BCUT2D eigenvalue weighted by Crippen LogP contribution is 2.25. The number of hydrogen-bond donors (Lipinski definition) is 0. The largest absolute Gasteiger partial charge is 0.360 e. The van der Waals surface area contributed by atoms with Crippen LogP contribution in [-0.4, -0.2) is 33.3 Å². The summed E-state index contributed by atoms with van der Waals surface area (Å²) in [5.41, 5.74) is 1.14. The van der Waals surface area contributed by atoms with Crippen molar-refractivity contribution in [2.24, 2.45) is 4.99 Å². The number of allylic oxidation sites excluding steroid dienone is 1. The molecule has 0 aromatic rings. The number of thioether (sulfide) groups is 2. The number of nitrogens with zero attached hydrogens (tertiary/aromatic N) is 2. The highest BCUT2D eigenvalue weighted by atomic mass is 32.2. The van der Waals surface area contributed by atoms with E-state index in [2.05, 4.69) is 35.0 Å². The van der Waals surface area contributed by atoms with Crippen molar-refractivity contribution >= 4 is 34.9 Å². The summed E-state index contributed by atoms with van der Waals surface area (Å²) in [6, 6.07) is 0. The second-order valence-electron chi connectivity index (χ2n) is 2.73.